The minimum atomic E-state index is -3.52. The number of nitrogens with one attached hydrogen (secondary N) is 1. The zero-order valence-electron chi connectivity index (χ0n) is 11.8. The number of allylic oxidation sites excluding steroid dienone is 1. The Morgan fingerprint density at radius 3 is 2.90 bits per heavy atom. The van der Waals surface area contributed by atoms with E-state index in [-0.39, 0.29) is 5.09 Å². The Balaban J connectivity index is 1.95. The second kappa shape index (κ2) is 6.56. The molecule has 0 bridgehead atoms. The lowest BCUT2D eigenvalue weighted by Crippen LogP contribution is -2.27. The van der Waals surface area contributed by atoms with Gasteiger partial charge in [-0.05, 0) is 37.8 Å². The molecule has 0 spiro atoms. The monoisotopic (exact) mass is 298 g/mol. The molecule has 0 saturated heterocycles. The lowest BCUT2D eigenvalue weighted by Gasteiger charge is -2.14. The van der Waals surface area contributed by atoms with Gasteiger partial charge in [0, 0.05) is 19.6 Å². The van der Waals surface area contributed by atoms with Gasteiger partial charge < -0.3 is 9.73 Å². The van der Waals surface area contributed by atoms with Gasteiger partial charge in [-0.3, -0.25) is 0 Å². The third-order valence-electron chi connectivity index (χ3n) is 3.33. The molecule has 1 aliphatic carbocycles. The van der Waals surface area contributed by atoms with Crippen LogP contribution in [0.1, 0.15) is 31.4 Å². The van der Waals surface area contributed by atoms with Crippen LogP contribution in [0.2, 0.25) is 0 Å². The highest BCUT2D eigenvalue weighted by Gasteiger charge is 2.25. The Labute approximate surface area is 120 Å². The van der Waals surface area contributed by atoms with Crippen molar-refractivity contribution in [3.05, 3.63) is 30.5 Å². The summed E-state index contributed by atoms with van der Waals surface area (Å²) in [6.07, 6.45) is 5.73. The van der Waals surface area contributed by atoms with Gasteiger partial charge in [-0.15, -0.1) is 6.58 Å². The highest BCUT2D eigenvalue weighted by Crippen LogP contribution is 2.21. The van der Waals surface area contributed by atoms with Crippen LogP contribution in [-0.2, 0) is 16.6 Å². The number of furan rings is 1. The SMILES string of the molecule is C=CCCCN(C)S(=O)(=O)c1ccc(CNC2CC2)o1. The normalized spacial score (nSPS) is 15.7. The fourth-order valence-corrected chi connectivity index (χ4v) is 2.99. The van der Waals surface area contributed by atoms with Crippen LogP contribution in [-0.4, -0.2) is 32.4 Å². The van der Waals surface area contributed by atoms with Gasteiger partial charge in [0.15, 0.2) is 0 Å². The molecule has 112 valence electrons. The van der Waals surface area contributed by atoms with E-state index >= 15 is 0 Å². The third kappa shape index (κ3) is 3.94. The lowest BCUT2D eigenvalue weighted by atomic mass is 10.3. The van der Waals surface area contributed by atoms with Gasteiger partial charge >= 0.3 is 0 Å². The smallest absolute Gasteiger partial charge is 0.276 e. The van der Waals surface area contributed by atoms with Crippen molar-refractivity contribution in [1.29, 1.82) is 0 Å². The maximum atomic E-state index is 12.3. The molecule has 6 heteroatoms. The maximum Gasteiger partial charge on any atom is 0.276 e. The highest BCUT2D eigenvalue weighted by atomic mass is 32.2. The summed E-state index contributed by atoms with van der Waals surface area (Å²) in [6, 6.07) is 3.82. The summed E-state index contributed by atoms with van der Waals surface area (Å²) in [5, 5.41) is 3.32. The van der Waals surface area contributed by atoms with E-state index in [4.69, 9.17) is 4.42 Å². The molecule has 0 aliphatic heterocycles. The molecule has 20 heavy (non-hydrogen) atoms. The molecular weight excluding hydrogens is 276 g/mol. The summed E-state index contributed by atoms with van der Waals surface area (Å²) < 4.78 is 31.3. The summed E-state index contributed by atoms with van der Waals surface area (Å²) in [7, 11) is -1.94. The molecule has 1 saturated carbocycles. The summed E-state index contributed by atoms with van der Waals surface area (Å²) in [4.78, 5) is 0. The topological polar surface area (TPSA) is 62.6 Å². The molecule has 1 fully saturated rings. The van der Waals surface area contributed by atoms with Gasteiger partial charge in [0.25, 0.3) is 10.0 Å². The molecule has 0 radical (unpaired) electrons. The van der Waals surface area contributed by atoms with Crippen molar-refractivity contribution in [1.82, 2.24) is 9.62 Å². The molecule has 5 nitrogen and oxygen atoms in total. The number of hydrogen-bond donors (Lipinski definition) is 1. The van der Waals surface area contributed by atoms with Gasteiger partial charge in [0.05, 0.1) is 6.54 Å². The van der Waals surface area contributed by atoms with Crippen LogP contribution in [0.5, 0.6) is 0 Å². The molecule has 1 aromatic heterocycles. The number of unbranched alkanes of at least 4 members (excludes halogenated alkanes) is 1. The predicted octanol–water partition coefficient (Wildman–Crippen LogP) is 2.12. The summed E-state index contributed by atoms with van der Waals surface area (Å²) in [5.74, 6) is 0.662. The molecule has 1 aliphatic rings. The van der Waals surface area contributed by atoms with E-state index in [1.165, 1.54) is 23.2 Å². The summed E-state index contributed by atoms with van der Waals surface area (Å²) in [5.41, 5.74) is 0. The van der Waals surface area contributed by atoms with Crippen LogP contribution >= 0.6 is 0 Å². The Morgan fingerprint density at radius 1 is 1.50 bits per heavy atom. The molecule has 0 amide bonds. The fourth-order valence-electron chi connectivity index (χ4n) is 1.86. The van der Waals surface area contributed by atoms with E-state index in [9.17, 15) is 8.42 Å². The van der Waals surface area contributed by atoms with E-state index < -0.39 is 10.0 Å². The Kier molecular flexibility index (Phi) is 5.01. The first-order valence-corrected chi connectivity index (χ1v) is 8.37. The fraction of sp³-hybridized carbons (Fsp3) is 0.571. The second-order valence-electron chi connectivity index (χ2n) is 5.13. The maximum absolute atomic E-state index is 12.3. The minimum absolute atomic E-state index is 0.0196. The number of rotatable bonds is 9. The molecule has 1 heterocycles. The van der Waals surface area contributed by atoms with Crippen LogP contribution in [0.4, 0.5) is 0 Å². The molecule has 1 aromatic rings. The quantitative estimate of drug-likeness (QED) is 0.560. The van der Waals surface area contributed by atoms with E-state index in [1.54, 1.807) is 19.2 Å². The molecule has 2 rings (SSSR count). The zero-order valence-corrected chi connectivity index (χ0v) is 12.7. The molecule has 0 aromatic carbocycles. The van der Waals surface area contributed by atoms with Crippen molar-refractivity contribution in [2.45, 2.75) is 43.4 Å². The third-order valence-corrected chi connectivity index (χ3v) is 5.06. The average molecular weight is 298 g/mol. The van der Waals surface area contributed by atoms with Crippen molar-refractivity contribution >= 4 is 10.0 Å². The number of nitrogens with zero attached hydrogens (tertiary/aromatic N) is 1. The summed E-state index contributed by atoms with van der Waals surface area (Å²) >= 11 is 0. The summed E-state index contributed by atoms with van der Waals surface area (Å²) in [6.45, 7) is 4.67. The van der Waals surface area contributed by atoms with Gasteiger partial charge in [0.1, 0.15) is 5.76 Å². The van der Waals surface area contributed by atoms with E-state index in [0.29, 0.717) is 24.9 Å². The molecule has 1 N–H and O–H groups in total. The van der Waals surface area contributed by atoms with Gasteiger partial charge in [-0.2, -0.15) is 4.31 Å². The average Bonchev–Trinajstić information content (AvgIpc) is 3.12. The van der Waals surface area contributed by atoms with Crippen molar-refractivity contribution < 1.29 is 12.8 Å². The van der Waals surface area contributed by atoms with E-state index in [1.807, 2.05) is 0 Å². The van der Waals surface area contributed by atoms with Crippen LogP contribution in [0.25, 0.3) is 0 Å². The first kappa shape index (κ1) is 15.3. The predicted molar refractivity (Wildman–Crippen MR) is 77.8 cm³/mol. The Morgan fingerprint density at radius 2 is 2.25 bits per heavy atom. The van der Waals surface area contributed by atoms with Crippen molar-refractivity contribution in [2.75, 3.05) is 13.6 Å². The standard InChI is InChI=1S/C14H22N2O3S/c1-3-4-5-10-16(2)20(17,18)14-9-8-13(19-14)11-15-12-6-7-12/h3,8-9,12,15H,1,4-7,10-11H2,2H3. The first-order valence-electron chi connectivity index (χ1n) is 6.93. The molecule has 0 unspecified atom stereocenters. The molecular formula is C14H22N2O3S. The Bertz CT molecular complexity index is 547. The number of sulfonamides is 1. The van der Waals surface area contributed by atoms with Gasteiger partial charge in [0.2, 0.25) is 5.09 Å². The van der Waals surface area contributed by atoms with Crippen LogP contribution in [0, 0.1) is 0 Å². The largest absolute Gasteiger partial charge is 0.447 e. The minimum Gasteiger partial charge on any atom is -0.447 e. The lowest BCUT2D eigenvalue weighted by molar-refractivity contribution is 0.379. The van der Waals surface area contributed by atoms with Gasteiger partial charge in [-0.25, -0.2) is 8.42 Å². The number of hydrogen-bond acceptors (Lipinski definition) is 4. The van der Waals surface area contributed by atoms with Gasteiger partial charge in [-0.1, -0.05) is 6.08 Å². The van der Waals surface area contributed by atoms with Crippen LogP contribution in [0.15, 0.2) is 34.3 Å². The zero-order chi connectivity index (χ0) is 14.6. The van der Waals surface area contributed by atoms with Crippen molar-refractivity contribution in [3.8, 4) is 0 Å². The highest BCUT2D eigenvalue weighted by molar-refractivity contribution is 7.89. The van der Waals surface area contributed by atoms with E-state index in [0.717, 1.165) is 12.8 Å². The van der Waals surface area contributed by atoms with Crippen molar-refractivity contribution in [2.24, 2.45) is 0 Å². The molecule has 0 atom stereocenters. The van der Waals surface area contributed by atoms with Crippen LogP contribution in [0.3, 0.4) is 0 Å². The Hall–Kier alpha value is -1.11. The van der Waals surface area contributed by atoms with Crippen molar-refractivity contribution in [3.63, 3.8) is 0 Å². The second-order valence-corrected chi connectivity index (χ2v) is 7.11. The van der Waals surface area contributed by atoms with E-state index in [2.05, 4.69) is 11.9 Å². The first-order chi connectivity index (χ1) is 9.54. The van der Waals surface area contributed by atoms with Crippen LogP contribution < -0.4 is 5.32 Å².